The Kier molecular flexibility index (Phi) is 7.23. The first-order chi connectivity index (χ1) is 15.9. The lowest BCUT2D eigenvalue weighted by Gasteiger charge is -2.09. The van der Waals surface area contributed by atoms with Gasteiger partial charge in [0.2, 0.25) is 0 Å². The van der Waals surface area contributed by atoms with Gasteiger partial charge in [-0.05, 0) is 30.7 Å². The van der Waals surface area contributed by atoms with E-state index in [2.05, 4.69) is 33.3 Å². The first kappa shape index (κ1) is 23.2. The van der Waals surface area contributed by atoms with E-state index < -0.39 is 5.91 Å². The van der Waals surface area contributed by atoms with Gasteiger partial charge in [-0.3, -0.25) is 4.79 Å². The highest BCUT2D eigenvalue weighted by molar-refractivity contribution is 6.40. The van der Waals surface area contributed by atoms with Gasteiger partial charge in [0, 0.05) is 33.7 Å². The molecule has 0 unspecified atom stereocenters. The number of ether oxygens (including phenoxy) is 1. The monoisotopic (exact) mass is 499 g/mol. The van der Waals surface area contributed by atoms with Crippen molar-refractivity contribution in [1.82, 2.24) is 9.99 Å². The summed E-state index contributed by atoms with van der Waals surface area (Å²) in [7, 11) is 0. The maximum atomic E-state index is 12.2. The standard InChI is InChI=1S/C25H20Cl3N3O2/c1-16-20(13-29-30-24(32)15-33-25-21(27)11-18(26)12-22(25)28)19-9-5-6-10-23(19)31(16)14-17-7-3-2-4-8-17/h2-13H,14-15H2,1H3,(H,30,32)/b29-13+. The van der Waals surface area contributed by atoms with Crippen molar-refractivity contribution in [1.29, 1.82) is 0 Å². The van der Waals surface area contributed by atoms with Crippen LogP contribution in [0.3, 0.4) is 0 Å². The van der Waals surface area contributed by atoms with Crippen molar-refractivity contribution in [3.8, 4) is 5.75 Å². The van der Waals surface area contributed by atoms with Gasteiger partial charge in [-0.15, -0.1) is 0 Å². The largest absolute Gasteiger partial charge is 0.481 e. The maximum absolute atomic E-state index is 12.2. The summed E-state index contributed by atoms with van der Waals surface area (Å²) in [4.78, 5) is 12.2. The van der Waals surface area contributed by atoms with Gasteiger partial charge in [-0.2, -0.15) is 5.10 Å². The van der Waals surface area contributed by atoms with Gasteiger partial charge in [0.25, 0.3) is 5.91 Å². The molecule has 0 spiro atoms. The molecule has 0 fully saturated rings. The van der Waals surface area contributed by atoms with E-state index in [0.717, 1.165) is 28.7 Å². The van der Waals surface area contributed by atoms with Crippen LogP contribution in [0.1, 0.15) is 16.8 Å². The summed E-state index contributed by atoms with van der Waals surface area (Å²) in [6.07, 6.45) is 1.65. The van der Waals surface area contributed by atoms with Crippen molar-refractivity contribution in [2.45, 2.75) is 13.5 Å². The number of hydrogen-bond acceptors (Lipinski definition) is 3. The topological polar surface area (TPSA) is 55.6 Å². The zero-order chi connectivity index (χ0) is 23.4. The van der Waals surface area contributed by atoms with Gasteiger partial charge in [0.05, 0.1) is 16.3 Å². The first-order valence-corrected chi connectivity index (χ1v) is 11.3. The first-order valence-electron chi connectivity index (χ1n) is 10.1. The molecule has 1 amide bonds. The number of benzene rings is 3. The van der Waals surface area contributed by atoms with E-state index >= 15 is 0 Å². The van der Waals surface area contributed by atoms with Crippen LogP contribution in [0.15, 0.2) is 71.8 Å². The minimum atomic E-state index is -0.445. The number of aromatic nitrogens is 1. The van der Waals surface area contributed by atoms with E-state index in [9.17, 15) is 4.79 Å². The van der Waals surface area contributed by atoms with Crippen LogP contribution in [0.4, 0.5) is 0 Å². The molecule has 1 aromatic heterocycles. The van der Waals surface area contributed by atoms with Gasteiger partial charge in [0.1, 0.15) is 0 Å². The van der Waals surface area contributed by atoms with Crippen molar-refractivity contribution in [2.24, 2.45) is 5.10 Å². The Morgan fingerprint density at radius 2 is 1.70 bits per heavy atom. The lowest BCUT2D eigenvalue weighted by molar-refractivity contribution is -0.123. The fourth-order valence-corrected chi connectivity index (χ4v) is 4.52. The normalized spacial score (nSPS) is 11.3. The number of carbonyl (C=O) groups is 1. The average Bonchev–Trinajstić information content (AvgIpc) is 3.05. The highest BCUT2D eigenvalue weighted by Crippen LogP contribution is 2.35. The van der Waals surface area contributed by atoms with E-state index in [1.54, 1.807) is 6.21 Å². The molecule has 4 aromatic rings. The van der Waals surface area contributed by atoms with E-state index in [0.29, 0.717) is 5.02 Å². The molecule has 33 heavy (non-hydrogen) atoms. The molecule has 168 valence electrons. The zero-order valence-corrected chi connectivity index (χ0v) is 20.0. The van der Waals surface area contributed by atoms with Crippen LogP contribution >= 0.6 is 34.8 Å². The molecule has 3 aromatic carbocycles. The second-order valence-electron chi connectivity index (χ2n) is 7.37. The van der Waals surface area contributed by atoms with Gasteiger partial charge < -0.3 is 9.30 Å². The Balaban J connectivity index is 1.48. The molecule has 1 heterocycles. The number of fused-ring (bicyclic) bond motifs is 1. The van der Waals surface area contributed by atoms with Gasteiger partial charge >= 0.3 is 0 Å². The molecule has 8 heteroatoms. The fourth-order valence-electron chi connectivity index (χ4n) is 3.60. The van der Waals surface area contributed by atoms with E-state index in [1.807, 2.05) is 43.3 Å². The number of halogens is 3. The predicted molar refractivity (Wildman–Crippen MR) is 135 cm³/mol. The molecule has 0 aliphatic heterocycles. The van der Waals surface area contributed by atoms with Gasteiger partial charge in [0.15, 0.2) is 12.4 Å². The number of para-hydroxylation sites is 1. The number of hydrogen-bond donors (Lipinski definition) is 1. The summed E-state index contributed by atoms with van der Waals surface area (Å²) in [6.45, 7) is 2.48. The molecule has 5 nitrogen and oxygen atoms in total. The number of nitrogens with zero attached hydrogens (tertiary/aromatic N) is 2. The molecule has 0 saturated carbocycles. The van der Waals surface area contributed by atoms with Crippen LogP contribution in [-0.4, -0.2) is 23.3 Å². The predicted octanol–water partition coefficient (Wildman–Crippen LogP) is 6.49. The third kappa shape index (κ3) is 5.33. The zero-order valence-electron chi connectivity index (χ0n) is 17.7. The second kappa shape index (κ2) is 10.3. The quantitative estimate of drug-likeness (QED) is 0.233. The van der Waals surface area contributed by atoms with Gasteiger partial charge in [-0.1, -0.05) is 83.3 Å². The highest BCUT2D eigenvalue weighted by atomic mass is 35.5. The van der Waals surface area contributed by atoms with Gasteiger partial charge in [-0.25, -0.2) is 5.43 Å². The van der Waals surface area contributed by atoms with Crippen molar-refractivity contribution in [3.63, 3.8) is 0 Å². The van der Waals surface area contributed by atoms with Crippen LogP contribution in [0.25, 0.3) is 10.9 Å². The number of rotatable bonds is 7. The van der Waals surface area contributed by atoms with E-state index in [4.69, 9.17) is 39.5 Å². The summed E-state index contributed by atoms with van der Waals surface area (Å²) in [5.74, 6) is -0.249. The van der Waals surface area contributed by atoms with E-state index in [1.165, 1.54) is 17.7 Å². The lowest BCUT2D eigenvalue weighted by atomic mass is 10.1. The Bertz CT molecular complexity index is 1310. The maximum Gasteiger partial charge on any atom is 0.277 e. The van der Waals surface area contributed by atoms with Crippen molar-refractivity contribution in [3.05, 3.63) is 98.6 Å². The second-order valence-corrected chi connectivity index (χ2v) is 8.62. The SMILES string of the molecule is Cc1c(/C=N/NC(=O)COc2c(Cl)cc(Cl)cc2Cl)c2ccccc2n1Cc1ccccc1. The summed E-state index contributed by atoms with van der Waals surface area (Å²) < 4.78 is 7.68. The summed E-state index contributed by atoms with van der Waals surface area (Å²) in [6, 6.07) is 21.4. The van der Waals surface area contributed by atoms with Crippen molar-refractivity contribution in [2.75, 3.05) is 6.61 Å². The molecule has 0 bridgehead atoms. The minimum Gasteiger partial charge on any atom is -0.481 e. The molecule has 0 aliphatic carbocycles. The molecule has 0 atom stereocenters. The summed E-state index contributed by atoms with van der Waals surface area (Å²) >= 11 is 18.0. The number of nitrogens with one attached hydrogen (secondary N) is 1. The van der Waals surface area contributed by atoms with Crippen molar-refractivity contribution < 1.29 is 9.53 Å². The molecular formula is C25H20Cl3N3O2. The summed E-state index contributed by atoms with van der Waals surface area (Å²) in [5, 5.41) is 6.03. The minimum absolute atomic E-state index is 0.196. The molecular weight excluding hydrogens is 481 g/mol. The van der Waals surface area contributed by atoms with Crippen molar-refractivity contribution >= 4 is 57.8 Å². The highest BCUT2D eigenvalue weighted by Gasteiger charge is 2.14. The van der Waals surface area contributed by atoms with Crippen LogP contribution < -0.4 is 10.2 Å². The smallest absolute Gasteiger partial charge is 0.277 e. The molecule has 0 radical (unpaired) electrons. The van der Waals surface area contributed by atoms with Crippen LogP contribution in [0.5, 0.6) is 5.75 Å². The van der Waals surface area contributed by atoms with Crippen LogP contribution in [0.2, 0.25) is 15.1 Å². The Morgan fingerprint density at radius 3 is 2.42 bits per heavy atom. The number of amides is 1. The summed E-state index contributed by atoms with van der Waals surface area (Å²) in [5.41, 5.74) is 6.78. The average molecular weight is 501 g/mol. The third-order valence-electron chi connectivity index (χ3n) is 5.16. The van der Waals surface area contributed by atoms with Crippen LogP contribution in [0, 0.1) is 6.92 Å². The Labute approximate surface area is 206 Å². The Morgan fingerprint density at radius 1 is 1.03 bits per heavy atom. The molecule has 0 aliphatic rings. The number of hydrazone groups is 1. The number of carbonyl (C=O) groups excluding carboxylic acids is 1. The Hall–Kier alpha value is -2.99. The molecule has 4 rings (SSSR count). The molecule has 0 saturated heterocycles. The van der Waals surface area contributed by atoms with E-state index in [-0.39, 0.29) is 22.4 Å². The fraction of sp³-hybridized carbons (Fsp3) is 0.120. The van der Waals surface area contributed by atoms with Crippen LogP contribution in [-0.2, 0) is 11.3 Å². The lowest BCUT2D eigenvalue weighted by Crippen LogP contribution is -2.24. The third-order valence-corrected chi connectivity index (χ3v) is 5.94. The molecule has 1 N–H and O–H groups in total.